The van der Waals surface area contributed by atoms with Crippen LogP contribution in [-0.2, 0) is 0 Å². The fourth-order valence-electron chi connectivity index (χ4n) is 1.49. The fourth-order valence-corrected chi connectivity index (χ4v) is 1.76. The number of rotatable bonds is 2. The summed E-state index contributed by atoms with van der Waals surface area (Å²) < 4.78 is 0.504. The molecule has 0 radical (unpaired) electrons. The van der Waals surface area contributed by atoms with Crippen molar-refractivity contribution in [3.05, 3.63) is 65.2 Å². The van der Waals surface area contributed by atoms with Gasteiger partial charge in [-0.25, -0.2) is 4.79 Å². The lowest BCUT2D eigenvalue weighted by atomic mass is 10.2. The van der Waals surface area contributed by atoms with Crippen LogP contribution in [0.2, 0.25) is 5.02 Å². The smallest absolute Gasteiger partial charge is 0.306 e. The molecule has 0 aliphatic rings. The van der Waals surface area contributed by atoms with Crippen molar-refractivity contribution in [1.29, 1.82) is 0 Å². The summed E-state index contributed by atoms with van der Waals surface area (Å²) in [6.45, 7) is 0. The van der Waals surface area contributed by atoms with Crippen LogP contribution in [0.5, 0.6) is 0 Å². The molecule has 0 atom stereocenters. The predicted molar refractivity (Wildman–Crippen MR) is 78.9 cm³/mol. The van der Waals surface area contributed by atoms with Crippen molar-refractivity contribution in [2.24, 2.45) is 0 Å². The van der Waals surface area contributed by atoms with E-state index in [2.05, 4.69) is 5.32 Å². The molecule has 0 aliphatic heterocycles. The number of amides is 3. The third-order valence-corrected chi connectivity index (χ3v) is 3.03. The molecular weight excluding hydrogens is 299 g/mol. The monoisotopic (exact) mass is 308 g/mol. The van der Waals surface area contributed by atoms with Crippen LogP contribution in [0, 0.1) is 0 Å². The summed E-state index contributed by atoms with van der Waals surface area (Å²) in [6.07, 6.45) is 0. The van der Waals surface area contributed by atoms with Gasteiger partial charge in [-0.1, -0.05) is 29.8 Å². The molecule has 3 amide bonds. The molecular formula is C14H10Cl2N2O2. The molecule has 0 heterocycles. The second kappa shape index (κ2) is 6.41. The van der Waals surface area contributed by atoms with Gasteiger partial charge in [-0.3, -0.25) is 4.79 Å². The van der Waals surface area contributed by atoms with Gasteiger partial charge in [0.25, 0.3) is 5.91 Å². The second-order valence-corrected chi connectivity index (χ2v) is 4.66. The van der Waals surface area contributed by atoms with Crippen LogP contribution in [0.25, 0.3) is 0 Å². The average Bonchev–Trinajstić information content (AvgIpc) is 2.49. The number of nitrogens with zero attached hydrogens (tertiary/aromatic N) is 1. The first kappa shape index (κ1) is 14.4. The minimum Gasteiger partial charge on any atom is -0.306 e. The van der Waals surface area contributed by atoms with Gasteiger partial charge in [-0.05, 0) is 36.4 Å². The van der Waals surface area contributed by atoms with Gasteiger partial charge in [-0.2, -0.15) is 4.42 Å². The Bertz CT molecular complexity index is 615. The molecule has 0 saturated heterocycles. The Morgan fingerprint density at radius 2 is 1.55 bits per heavy atom. The summed E-state index contributed by atoms with van der Waals surface area (Å²) in [5, 5.41) is 3.04. The third kappa shape index (κ3) is 3.50. The van der Waals surface area contributed by atoms with Crippen molar-refractivity contribution >= 4 is 41.0 Å². The highest BCUT2D eigenvalue weighted by atomic mass is 35.5. The Kier molecular flexibility index (Phi) is 4.61. The van der Waals surface area contributed by atoms with E-state index in [9.17, 15) is 9.59 Å². The van der Waals surface area contributed by atoms with Gasteiger partial charge in [0.2, 0.25) is 0 Å². The van der Waals surface area contributed by atoms with Crippen LogP contribution in [0.1, 0.15) is 10.4 Å². The largest absolute Gasteiger partial charge is 0.343 e. The number of carbonyl (C=O) groups excluding carboxylic acids is 2. The van der Waals surface area contributed by atoms with E-state index in [4.69, 9.17) is 23.4 Å². The van der Waals surface area contributed by atoms with Crippen LogP contribution in [-0.4, -0.2) is 16.4 Å². The zero-order valence-electron chi connectivity index (χ0n) is 10.2. The first-order chi connectivity index (χ1) is 9.58. The topological polar surface area (TPSA) is 49.4 Å². The molecule has 6 heteroatoms. The quantitative estimate of drug-likeness (QED) is 0.847. The van der Waals surface area contributed by atoms with Crippen LogP contribution in [0.3, 0.4) is 0 Å². The van der Waals surface area contributed by atoms with Crippen molar-refractivity contribution in [3.63, 3.8) is 0 Å². The summed E-state index contributed by atoms with van der Waals surface area (Å²) in [5.74, 6) is -0.598. The molecule has 20 heavy (non-hydrogen) atoms. The van der Waals surface area contributed by atoms with E-state index >= 15 is 0 Å². The Balaban J connectivity index is 2.05. The molecule has 0 aromatic heterocycles. The van der Waals surface area contributed by atoms with Crippen LogP contribution in [0.4, 0.5) is 10.5 Å². The number of carbonyl (C=O) groups is 2. The minimum atomic E-state index is -0.733. The van der Waals surface area contributed by atoms with Gasteiger partial charge < -0.3 is 5.32 Å². The summed E-state index contributed by atoms with van der Waals surface area (Å²) in [4.78, 5) is 23.8. The molecule has 2 aromatic rings. The van der Waals surface area contributed by atoms with E-state index in [0.29, 0.717) is 20.7 Å². The summed E-state index contributed by atoms with van der Waals surface area (Å²) in [7, 11) is 0. The van der Waals surface area contributed by atoms with E-state index in [1.807, 2.05) is 0 Å². The highest BCUT2D eigenvalue weighted by Crippen LogP contribution is 2.15. The van der Waals surface area contributed by atoms with Crippen LogP contribution >= 0.6 is 23.4 Å². The SMILES string of the molecule is O=C(Nc1ccc(Cl)cc1)N(Cl)C(=O)c1ccccc1. The standard InChI is InChI=1S/C14H10Cl2N2O2/c15-11-6-8-12(9-7-11)17-14(20)18(16)13(19)10-4-2-1-3-5-10/h1-9H,(H,17,20). The molecule has 2 aromatic carbocycles. The lowest BCUT2D eigenvalue weighted by Gasteiger charge is -2.13. The maximum absolute atomic E-state index is 11.9. The first-order valence-corrected chi connectivity index (χ1v) is 6.41. The fraction of sp³-hybridized carbons (Fsp3) is 0. The van der Waals surface area contributed by atoms with Gasteiger partial charge >= 0.3 is 6.03 Å². The Hall–Kier alpha value is -2.04. The maximum Gasteiger partial charge on any atom is 0.343 e. The molecule has 102 valence electrons. The van der Waals surface area contributed by atoms with Gasteiger partial charge in [0, 0.05) is 28.1 Å². The van der Waals surface area contributed by atoms with Crippen LogP contribution in [0.15, 0.2) is 54.6 Å². The molecule has 0 spiro atoms. The number of urea groups is 1. The summed E-state index contributed by atoms with van der Waals surface area (Å²) in [5.41, 5.74) is 0.819. The second-order valence-electron chi connectivity index (χ2n) is 3.89. The number of imide groups is 1. The summed E-state index contributed by atoms with van der Waals surface area (Å²) in [6, 6.07) is 14.0. The predicted octanol–water partition coefficient (Wildman–Crippen LogP) is 4.17. The van der Waals surface area contributed by atoms with E-state index < -0.39 is 11.9 Å². The summed E-state index contributed by atoms with van der Waals surface area (Å²) >= 11 is 11.5. The molecule has 4 nitrogen and oxygen atoms in total. The van der Waals surface area contributed by atoms with E-state index in [1.165, 1.54) is 0 Å². The Labute approximate surface area is 126 Å². The molecule has 0 unspecified atom stereocenters. The van der Waals surface area contributed by atoms with Gasteiger partial charge in [-0.15, -0.1) is 0 Å². The van der Waals surface area contributed by atoms with E-state index in [1.54, 1.807) is 54.6 Å². The van der Waals surface area contributed by atoms with Gasteiger partial charge in [0.1, 0.15) is 0 Å². The number of halogens is 2. The molecule has 0 bridgehead atoms. The van der Waals surface area contributed by atoms with Crippen molar-refractivity contribution in [2.75, 3.05) is 5.32 Å². The highest BCUT2D eigenvalue weighted by molar-refractivity contribution is 6.33. The molecule has 0 saturated carbocycles. The lowest BCUT2D eigenvalue weighted by molar-refractivity contribution is 0.0893. The maximum atomic E-state index is 11.9. The lowest BCUT2D eigenvalue weighted by Crippen LogP contribution is -2.32. The van der Waals surface area contributed by atoms with Gasteiger partial charge in [0.05, 0.1) is 0 Å². The Morgan fingerprint density at radius 3 is 2.15 bits per heavy atom. The van der Waals surface area contributed by atoms with Crippen molar-refractivity contribution in [3.8, 4) is 0 Å². The van der Waals surface area contributed by atoms with Gasteiger partial charge in [0.15, 0.2) is 0 Å². The zero-order chi connectivity index (χ0) is 14.5. The highest BCUT2D eigenvalue weighted by Gasteiger charge is 2.20. The first-order valence-electron chi connectivity index (χ1n) is 5.70. The zero-order valence-corrected chi connectivity index (χ0v) is 11.7. The van der Waals surface area contributed by atoms with E-state index in [-0.39, 0.29) is 0 Å². The number of hydrogen-bond donors (Lipinski definition) is 1. The number of nitrogens with one attached hydrogen (secondary N) is 1. The molecule has 0 fully saturated rings. The minimum absolute atomic E-state index is 0.328. The van der Waals surface area contributed by atoms with Crippen molar-refractivity contribution in [2.45, 2.75) is 0 Å². The molecule has 0 aliphatic carbocycles. The van der Waals surface area contributed by atoms with Crippen LogP contribution < -0.4 is 5.32 Å². The number of anilines is 1. The van der Waals surface area contributed by atoms with Crippen molar-refractivity contribution in [1.82, 2.24) is 4.42 Å². The van der Waals surface area contributed by atoms with E-state index in [0.717, 1.165) is 0 Å². The normalized spacial score (nSPS) is 9.90. The average molecular weight is 309 g/mol. The molecule has 1 N–H and O–H groups in total. The number of hydrogen-bond acceptors (Lipinski definition) is 2. The Morgan fingerprint density at radius 1 is 0.950 bits per heavy atom. The number of benzene rings is 2. The molecule has 2 rings (SSSR count). The third-order valence-electron chi connectivity index (χ3n) is 2.47. The van der Waals surface area contributed by atoms with Crippen molar-refractivity contribution < 1.29 is 9.59 Å².